The molecule has 1 aliphatic heterocycles. The summed E-state index contributed by atoms with van der Waals surface area (Å²) in [5, 5.41) is 11.8. The average Bonchev–Trinajstić information content (AvgIpc) is 2.75. The van der Waals surface area contributed by atoms with Crippen LogP contribution in [0.5, 0.6) is 0 Å². The highest BCUT2D eigenvalue weighted by Crippen LogP contribution is 2.24. The number of rotatable bonds is 4. The molecule has 0 bridgehead atoms. The second kappa shape index (κ2) is 4.67. The third-order valence-corrected chi connectivity index (χ3v) is 2.80. The van der Waals surface area contributed by atoms with Crippen molar-refractivity contribution < 1.29 is 14.6 Å². The Balaban J connectivity index is 1.99. The normalized spacial score (nSPS) is 23.6. The molecule has 1 aliphatic rings. The minimum Gasteiger partial charge on any atom is -0.476 e. The second-order valence-electron chi connectivity index (χ2n) is 4.35. The van der Waals surface area contributed by atoms with Gasteiger partial charge in [0.05, 0.1) is 18.0 Å². The lowest BCUT2D eigenvalue weighted by atomic mass is 10.0. The van der Waals surface area contributed by atoms with Crippen LogP contribution in [0.15, 0.2) is 12.4 Å². The lowest BCUT2D eigenvalue weighted by Crippen LogP contribution is -2.32. The van der Waals surface area contributed by atoms with Crippen LogP contribution in [0.4, 0.5) is 5.82 Å². The molecule has 6 nitrogen and oxygen atoms in total. The Bertz CT molecular complexity index is 416. The number of aromatic nitrogens is 2. The summed E-state index contributed by atoms with van der Waals surface area (Å²) in [4.78, 5) is 18.5. The van der Waals surface area contributed by atoms with Gasteiger partial charge in [-0.25, -0.2) is 9.78 Å². The zero-order valence-electron chi connectivity index (χ0n) is 9.64. The second-order valence-corrected chi connectivity index (χ2v) is 4.35. The van der Waals surface area contributed by atoms with E-state index < -0.39 is 5.97 Å². The van der Waals surface area contributed by atoms with Gasteiger partial charge in [0.2, 0.25) is 0 Å². The van der Waals surface area contributed by atoms with E-state index in [9.17, 15) is 4.79 Å². The Hall–Kier alpha value is -1.69. The van der Waals surface area contributed by atoms with Crippen molar-refractivity contribution in [3.05, 3.63) is 18.1 Å². The molecule has 2 N–H and O–H groups in total. The minimum atomic E-state index is -1.08. The van der Waals surface area contributed by atoms with E-state index in [4.69, 9.17) is 9.84 Å². The lowest BCUT2D eigenvalue weighted by Gasteiger charge is -2.23. The van der Waals surface area contributed by atoms with Gasteiger partial charge in [-0.2, -0.15) is 0 Å². The Morgan fingerprint density at radius 3 is 3.12 bits per heavy atom. The molecule has 17 heavy (non-hydrogen) atoms. The molecule has 1 fully saturated rings. The van der Waals surface area contributed by atoms with Gasteiger partial charge in [0.15, 0.2) is 5.69 Å². The number of carboxylic acids is 1. The predicted molar refractivity (Wildman–Crippen MR) is 61.1 cm³/mol. The topological polar surface area (TPSA) is 84.3 Å². The highest BCUT2D eigenvalue weighted by molar-refractivity contribution is 5.85. The van der Waals surface area contributed by atoms with Crippen LogP contribution in [0, 0.1) is 0 Å². The Morgan fingerprint density at radius 1 is 1.65 bits per heavy atom. The van der Waals surface area contributed by atoms with Crippen molar-refractivity contribution >= 4 is 11.8 Å². The largest absolute Gasteiger partial charge is 0.476 e. The molecule has 0 amide bonds. The fourth-order valence-corrected chi connectivity index (χ4v) is 1.81. The Labute approximate surface area is 99.0 Å². The molecule has 0 aromatic carbocycles. The number of carboxylic acid groups (broad SMARTS) is 1. The van der Waals surface area contributed by atoms with Gasteiger partial charge in [-0.1, -0.05) is 0 Å². The van der Waals surface area contributed by atoms with Crippen molar-refractivity contribution in [3.8, 4) is 0 Å². The van der Waals surface area contributed by atoms with Gasteiger partial charge in [0.1, 0.15) is 5.82 Å². The Kier molecular flexibility index (Phi) is 3.23. The monoisotopic (exact) mass is 237 g/mol. The quantitative estimate of drug-likeness (QED) is 0.817. The number of nitrogens with one attached hydrogen (secondary N) is 1. The highest BCUT2D eigenvalue weighted by Gasteiger charge is 2.29. The molecule has 6 heteroatoms. The zero-order chi connectivity index (χ0) is 12.3. The number of hydrogen-bond donors (Lipinski definition) is 2. The van der Waals surface area contributed by atoms with E-state index in [1.165, 1.54) is 12.4 Å². The number of carbonyl (C=O) groups is 1. The first-order valence-electron chi connectivity index (χ1n) is 5.52. The van der Waals surface area contributed by atoms with Crippen LogP contribution in [0.1, 0.15) is 30.3 Å². The fourth-order valence-electron chi connectivity index (χ4n) is 1.81. The molecule has 92 valence electrons. The first-order chi connectivity index (χ1) is 8.09. The maximum absolute atomic E-state index is 10.7. The highest BCUT2D eigenvalue weighted by atomic mass is 16.5. The number of nitrogens with zero attached hydrogens (tertiary/aromatic N) is 2. The van der Waals surface area contributed by atoms with E-state index in [0.717, 1.165) is 19.4 Å². The van der Waals surface area contributed by atoms with Gasteiger partial charge >= 0.3 is 5.97 Å². The van der Waals surface area contributed by atoms with Gasteiger partial charge in [-0.05, 0) is 19.8 Å². The molecule has 2 heterocycles. The number of aromatic carboxylic acids is 1. The molecule has 0 saturated carbocycles. The molecular weight excluding hydrogens is 222 g/mol. The third-order valence-electron chi connectivity index (χ3n) is 2.80. The standard InChI is InChI=1S/C11H15N3O3/c1-11(3-2-4-17-11)7-13-9-6-12-5-8(14-9)10(15)16/h5-6H,2-4,7H2,1H3,(H,13,14)(H,15,16). The van der Waals surface area contributed by atoms with Crippen LogP contribution in [-0.4, -0.2) is 39.8 Å². The van der Waals surface area contributed by atoms with Gasteiger partial charge in [0, 0.05) is 13.2 Å². The Morgan fingerprint density at radius 2 is 2.47 bits per heavy atom. The van der Waals surface area contributed by atoms with Crippen molar-refractivity contribution in [2.45, 2.75) is 25.4 Å². The maximum atomic E-state index is 10.7. The maximum Gasteiger partial charge on any atom is 0.356 e. The van der Waals surface area contributed by atoms with Crippen LogP contribution in [0.25, 0.3) is 0 Å². The summed E-state index contributed by atoms with van der Waals surface area (Å²) < 4.78 is 5.61. The summed E-state index contributed by atoms with van der Waals surface area (Å²) in [7, 11) is 0. The van der Waals surface area contributed by atoms with E-state index >= 15 is 0 Å². The minimum absolute atomic E-state index is 0.0625. The van der Waals surface area contributed by atoms with Crippen molar-refractivity contribution in [2.75, 3.05) is 18.5 Å². The van der Waals surface area contributed by atoms with Crippen molar-refractivity contribution in [1.82, 2.24) is 9.97 Å². The number of ether oxygens (including phenoxy) is 1. The summed E-state index contributed by atoms with van der Waals surface area (Å²) in [6, 6.07) is 0. The van der Waals surface area contributed by atoms with Crippen molar-refractivity contribution in [2.24, 2.45) is 0 Å². The van der Waals surface area contributed by atoms with Gasteiger partial charge in [-0.3, -0.25) is 4.98 Å². The SMILES string of the molecule is CC1(CNc2cncc(C(=O)O)n2)CCCO1. The number of hydrogen-bond acceptors (Lipinski definition) is 5. The van der Waals surface area contributed by atoms with Gasteiger partial charge in [-0.15, -0.1) is 0 Å². The van der Waals surface area contributed by atoms with Crippen LogP contribution in [0.2, 0.25) is 0 Å². The van der Waals surface area contributed by atoms with Crippen molar-refractivity contribution in [1.29, 1.82) is 0 Å². The van der Waals surface area contributed by atoms with Crippen molar-refractivity contribution in [3.63, 3.8) is 0 Å². The first kappa shape index (κ1) is 11.8. The smallest absolute Gasteiger partial charge is 0.356 e. The third kappa shape index (κ3) is 2.91. The lowest BCUT2D eigenvalue weighted by molar-refractivity contribution is 0.0314. The van der Waals surface area contributed by atoms with E-state index in [-0.39, 0.29) is 11.3 Å². The summed E-state index contributed by atoms with van der Waals surface area (Å²) in [6.07, 6.45) is 4.77. The number of anilines is 1. The summed E-state index contributed by atoms with van der Waals surface area (Å²) >= 11 is 0. The fraction of sp³-hybridized carbons (Fsp3) is 0.545. The molecule has 0 aliphatic carbocycles. The van der Waals surface area contributed by atoms with Crippen LogP contribution < -0.4 is 5.32 Å². The molecule has 1 saturated heterocycles. The average molecular weight is 237 g/mol. The molecule has 0 spiro atoms. The molecule has 2 rings (SSSR count). The van der Waals surface area contributed by atoms with Gasteiger partial charge in [0.25, 0.3) is 0 Å². The zero-order valence-corrected chi connectivity index (χ0v) is 9.64. The van der Waals surface area contributed by atoms with E-state index in [0.29, 0.717) is 12.4 Å². The van der Waals surface area contributed by atoms with Gasteiger partial charge < -0.3 is 15.2 Å². The van der Waals surface area contributed by atoms with E-state index in [1.54, 1.807) is 0 Å². The molecule has 1 aromatic rings. The first-order valence-corrected chi connectivity index (χ1v) is 5.52. The molecule has 1 aromatic heterocycles. The van der Waals surface area contributed by atoms with Crippen LogP contribution >= 0.6 is 0 Å². The van der Waals surface area contributed by atoms with E-state index in [2.05, 4.69) is 15.3 Å². The molecule has 1 atom stereocenters. The summed E-state index contributed by atoms with van der Waals surface area (Å²) in [6.45, 7) is 3.41. The summed E-state index contributed by atoms with van der Waals surface area (Å²) in [5.74, 6) is -0.619. The van der Waals surface area contributed by atoms with Crippen LogP contribution in [0.3, 0.4) is 0 Å². The van der Waals surface area contributed by atoms with E-state index in [1.807, 2.05) is 6.92 Å². The molecule has 0 radical (unpaired) electrons. The molecule has 1 unspecified atom stereocenters. The summed E-state index contributed by atoms with van der Waals surface area (Å²) in [5.41, 5.74) is -0.256. The molecular formula is C11H15N3O3. The van der Waals surface area contributed by atoms with Crippen LogP contribution in [-0.2, 0) is 4.74 Å². The predicted octanol–water partition coefficient (Wildman–Crippen LogP) is 1.16.